The van der Waals surface area contributed by atoms with Gasteiger partial charge in [-0.25, -0.2) is 0 Å². The van der Waals surface area contributed by atoms with Gasteiger partial charge in [0, 0.05) is 11.5 Å². The van der Waals surface area contributed by atoms with Crippen LogP contribution in [0.4, 0.5) is 0 Å². The van der Waals surface area contributed by atoms with Crippen LogP contribution in [-0.2, 0) is 0 Å². The Morgan fingerprint density at radius 3 is 2.47 bits per heavy atom. The van der Waals surface area contributed by atoms with Crippen LogP contribution in [0.1, 0.15) is 31.4 Å². The van der Waals surface area contributed by atoms with E-state index in [0.29, 0.717) is 28.6 Å². The highest BCUT2D eigenvalue weighted by molar-refractivity contribution is 6.33. The number of ether oxygens (including phenoxy) is 2. The van der Waals surface area contributed by atoms with E-state index in [9.17, 15) is 5.11 Å². The van der Waals surface area contributed by atoms with E-state index in [0.717, 1.165) is 12.8 Å². The van der Waals surface area contributed by atoms with Gasteiger partial charge in [-0.15, -0.1) is 0 Å². The van der Waals surface area contributed by atoms with Crippen LogP contribution >= 0.6 is 11.6 Å². The predicted octanol–water partition coefficient (Wildman–Crippen LogP) is 2.77. The molecule has 2 unspecified atom stereocenters. The molecule has 0 radical (unpaired) electrons. The fourth-order valence-electron chi connectivity index (χ4n) is 2.16. The Bertz CT molecular complexity index is 412. The zero-order valence-corrected chi connectivity index (χ0v) is 12.4. The highest BCUT2D eigenvalue weighted by Gasteiger charge is 2.24. The Labute approximate surface area is 119 Å². The predicted molar refractivity (Wildman–Crippen MR) is 77.0 cm³/mol. The monoisotopic (exact) mass is 287 g/mol. The normalized spacial score (nSPS) is 14.0. The number of benzene rings is 1. The number of hydrogen-bond donors (Lipinski definition) is 2. The molecule has 1 aromatic carbocycles. The summed E-state index contributed by atoms with van der Waals surface area (Å²) in [6, 6.07) is 3.50. The lowest BCUT2D eigenvalue weighted by Gasteiger charge is -2.23. The lowest BCUT2D eigenvalue weighted by molar-refractivity contribution is 0.106. The lowest BCUT2D eigenvalue weighted by Crippen LogP contribution is -2.22. The van der Waals surface area contributed by atoms with Crippen LogP contribution in [0.3, 0.4) is 0 Å². The summed E-state index contributed by atoms with van der Waals surface area (Å²) in [6.45, 7) is 2.48. The second-order valence-corrected chi connectivity index (χ2v) is 4.81. The van der Waals surface area contributed by atoms with Gasteiger partial charge in [-0.05, 0) is 19.0 Å². The highest BCUT2D eigenvalue weighted by atomic mass is 35.5. The van der Waals surface area contributed by atoms with Gasteiger partial charge in [0.05, 0.1) is 25.3 Å². The molecule has 0 fully saturated rings. The second kappa shape index (κ2) is 7.58. The smallest absolute Gasteiger partial charge is 0.179 e. The minimum absolute atomic E-state index is 0.0133. The minimum atomic E-state index is -0.697. The molecule has 0 aliphatic carbocycles. The summed E-state index contributed by atoms with van der Waals surface area (Å²) in [7, 11) is 3.07. The van der Waals surface area contributed by atoms with Crippen molar-refractivity contribution in [1.29, 1.82) is 0 Å². The van der Waals surface area contributed by atoms with Gasteiger partial charge in [0.25, 0.3) is 0 Å². The molecule has 5 heteroatoms. The summed E-state index contributed by atoms with van der Waals surface area (Å²) in [6.07, 6.45) is 1.11. The molecule has 0 aromatic heterocycles. The maximum Gasteiger partial charge on any atom is 0.179 e. The topological polar surface area (TPSA) is 64.7 Å². The Balaban J connectivity index is 3.13. The van der Waals surface area contributed by atoms with Crippen molar-refractivity contribution in [2.75, 3.05) is 20.8 Å². The van der Waals surface area contributed by atoms with Crippen LogP contribution in [-0.4, -0.2) is 25.9 Å². The quantitative estimate of drug-likeness (QED) is 0.809. The Kier molecular flexibility index (Phi) is 6.42. The van der Waals surface area contributed by atoms with Crippen molar-refractivity contribution in [3.63, 3.8) is 0 Å². The first-order chi connectivity index (χ1) is 9.10. The number of methoxy groups -OCH3 is 2. The number of aliphatic hydroxyl groups excluding tert-OH is 1. The lowest BCUT2D eigenvalue weighted by atomic mass is 9.91. The molecule has 0 heterocycles. The molecule has 0 aliphatic rings. The Morgan fingerprint density at radius 1 is 1.32 bits per heavy atom. The molecule has 0 saturated carbocycles. The molecule has 3 N–H and O–H groups in total. The molecule has 0 saturated heterocycles. The summed E-state index contributed by atoms with van der Waals surface area (Å²) in [5.74, 6) is 0.969. The van der Waals surface area contributed by atoms with E-state index in [2.05, 4.69) is 6.92 Å². The van der Waals surface area contributed by atoms with Crippen molar-refractivity contribution in [3.05, 3.63) is 22.7 Å². The van der Waals surface area contributed by atoms with Gasteiger partial charge in [0.15, 0.2) is 11.5 Å². The first-order valence-corrected chi connectivity index (χ1v) is 6.76. The van der Waals surface area contributed by atoms with Gasteiger partial charge in [-0.3, -0.25) is 0 Å². The average molecular weight is 288 g/mol. The van der Waals surface area contributed by atoms with E-state index in [1.165, 1.54) is 7.11 Å². The third-order valence-electron chi connectivity index (χ3n) is 3.24. The Morgan fingerprint density at radius 2 is 2.00 bits per heavy atom. The van der Waals surface area contributed by atoms with Gasteiger partial charge in [0.1, 0.15) is 0 Å². The van der Waals surface area contributed by atoms with Gasteiger partial charge in [-0.2, -0.15) is 0 Å². The van der Waals surface area contributed by atoms with Crippen molar-refractivity contribution >= 4 is 11.6 Å². The molecular formula is C14H22ClNO3. The molecule has 0 aliphatic heterocycles. The summed E-state index contributed by atoms with van der Waals surface area (Å²) in [5, 5.41) is 10.8. The van der Waals surface area contributed by atoms with E-state index in [-0.39, 0.29) is 5.92 Å². The largest absolute Gasteiger partial charge is 0.493 e. The molecule has 108 valence electrons. The van der Waals surface area contributed by atoms with Crippen LogP contribution in [0.2, 0.25) is 5.02 Å². The van der Waals surface area contributed by atoms with E-state index in [4.69, 9.17) is 26.8 Å². The molecule has 1 aromatic rings. The summed E-state index contributed by atoms with van der Waals surface area (Å²) in [5.41, 5.74) is 6.34. The van der Waals surface area contributed by atoms with Gasteiger partial charge >= 0.3 is 0 Å². The van der Waals surface area contributed by atoms with Crippen LogP contribution in [0.15, 0.2) is 12.1 Å². The number of rotatable bonds is 7. The molecule has 0 spiro atoms. The number of nitrogens with two attached hydrogens (primary N) is 1. The maximum absolute atomic E-state index is 10.4. The molecule has 2 atom stereocenters. The first kappa shape index (κ1) is 16.1. The molecule has 1 rings (SSSR count). The van der Waals surface area contributed by atoms with E-state index >= 15 is 0 Å². The number of hydrogen-bond acceptors (Lipinski definition) is 4. The molecule has 4 nitrogen and oxygen atoms in total. The van der Waals surface area contributed by atoms with Crippen LogP contribution in [0, 0.1) is 5.92 Å². The van der Waals surface area contributed by atoms with Gasteiger partial charge in [0.2, 0.25) is 0 Å². The first-order valence-electron chi connectivity index (χ1n) is 6.39. The second-order valence-electron chi connectivity index (χ2n) is 4.43. The van der Waals surface area contributed by atoms with Crippen LogP contribution in [0.25, 0.3) is 0 Å². The third kappa shape index (κ3) is 3.53. The SMILES string of the molecule is CCCC(CN)C(O)c1ccc(OC)c(OC)c1Cl. The summed E-state index contributed by atoms with van der Waals surface area (Å²) in [4.78, 5) is 0. The zero-order valence-electron chi connectivity index (χ0n) is 11.6. The Hall–Kier alpha value is -0.970. The molecule has 0 amide bonds. The zero-order chi connectivity index (χ0) is 14.4. The van der Waals surface area contributed by atoms with Crippen molar-refractivity contribution in [3.8, 4) is 11.5 Å². The molecule has 0 bridgehead atoms. The van der Waals surface area contributed by atoms with Crippen molar-refractivity contribution in [2.24, 2.45) is 11.7 Å². The van der Waals surface area contributed by atoms with Crippen molar-refractivity contribution < 1.29 is 14.6 Å². The molecular weight excluding hydrogens is 266 g/mol. The van der Waals surface area contributed by atoms with Crippen LogP contribution < -0.4 is 15.2 Å². The summed E-state index contributed by atoms with van der Waals surface area (Å²) >= 11 is 6.28. The third-order valence-corrected chi connectivity index (χ3v) is 3.63. The average Bonchev–Trinajstić information content (AvgIpc) is 2.43. The van der Waals surface area contributed by atoms with E-state index in [1.807, 2.05) is 0 Å². The van der Waals surface area contributed by atoms with Gasteiger partial charge in [-0.1, -0.05) is 31.0 Å². The maximum atomic E-state index is 10.4. The fourth-order valence-corrected chi connectivity index (χ4v) is 2.51. The number of halogens is 1. The van der Waals surface area contributed by atoms with Crippen molar-refractivity contribution in [2.45, 2.75) is 25.9 Å². The molecule has 19 heavy (non-hydrogen) atoms. The van der Waals surface area contributed by atoms with Crippen LogP contribution in [0.5, 0.6) is 11.5 Å². The number of aliphatic hydroxyl groups is 1. The van der Waals surface area contributed by atoms with Crippen molar-refractivity contribution in [1.82, 2.24) is 0 Å². The van der Waals surface area contributed by atoms with Gasteiger partial charge < -0.3 is 20.3 Å². The highest BCUT2D eigenvalue weighted by Crippen LogP contribution is 2.41. The summed E-state index contributed by atoms with van der Waals surface area (Å²) < 4.78 is 10.4. The van der Waals surface area contributed by atoms with E-state index in [1.54, 1.807) is 19.2 Å². The fraction of sp³-hybridized carbons (Fsp3) is 0.571. The van der Waals surface area contributed by atoms with E-state index < -0.39 is 6.10 Å². The standard InChI is InChI=1S/C14H22ClNO3/c1-4-5-9(8-16)13(17)10-6-7-11(18-2)14(19-3)12(10)15/h6-7,9,13,17H,4-5,8,16H2,1-3H3. The minimum Gasteiger partial charge on any atom is -0.493 e.